The lowest BCUT2D eigenvalue weighted by Crippen LogP contribution is -2.01. The molecule has 0 amide bonds. The van der Waals surface area contributed by atoms with E-state index < -0.39 is 0 Å². The van der Waals surface area contributed by atoms with Crippen LogP contribution < -0.4 is 5.32 Å². The van der Waals surface area contributed by atoms with Crippen LogP contribution in [0.2, 0.25) is 0 Å². The summed E-state index contributed by atoms with van der Waals surface area (Å²) in [6, 6.07) is 11.3. The predicted molar refractivity (Wildman–Crippen MR) is 85.3 cm³/mol. The SMILES string of the molecule is Cc1cc(I)ccc1NCc1ccc(F)c(Br)c1. The van der Waals surface area contributed by atoms with Crippen molar-refractivity contribution in [1.29, 1.82) is 0 Å². The summed E-state index contributed by atoms with van der Waals surface area (Å²) in [6.07, 6.45) is 0. The summed E-state index contributed by atoms with van der Waals surface area (Å²) in [7, 11) is 0. The van der Waals surface area contributed by atoms with Gasteiger partial charge in [0, 0.05) is 15.8 Å². The average Bonchev–Trinajstić information content (AvgIpc) is 2.32. The Morgan fingerprint density at radius 2 is 2.00 bits per heavy atom. The molecule has 0 aromatic heterocycles. The smallest absolute Gasteiger partial charge is 0.137 e. The Bertz CT molecular complexity index is 572. The molecule has 94 valence electrons. The molecule has 2 aromatic rings. The van der Waals surface area contributed by atoms with Gasteiger partial charge in [-0.25, -0.2) is 4.39 Å². The third kappa shape index (κ3) is 3.45. The third-order valence-corrected chi connectivity index (χ3v) is 3.93. The fourth-order valence-electron chi connectivity index (χ4n) is 1.67. The Hall–Kier alpha value is -0.620. The molecule has 0 aliphatic carbocycles. The van der Waals surface area contributed by atoms with Crippen molar-refractivity contribution in [1.82, 2.24) is 0 Å². The number of nitrogens with one attached hydrogen (secondary N) is 1. The Kier molecular flexibility index (Phi) is 4.61. The van der Waals surface area contributed by atoms with Gasteiger partial charge in [0.15, 0.2) is 0 Å². The molecular weight excluding hydrogens is 408 g/mol. The van der Waals surface area contributed by atoms with E-state index in [9.17, 15) is 4.39 Å². The van der Waals surface area contributed by atoms with Crippen LogP contribution in [0.4, 0.5) is 10.1 Å². The fourth-order valence-corrected chi connectivity index (χ4v) is 2.75. The van der Waals surface area contributed by atoms with Crippen LogP contribution in [-0.2, 0) is 6.54 Å². The summed E-state index contributed by atoms with van der Waals surface area (Å²) in [5.74, 6) is -0.232. The molecule has 0 heterocycles. The minimum Gasteiger partial charge on any atom is -0.381 e. The van der Waals surface area contributed by atoms with E-state index in [1.54, 1.807) is 12.1 Å². The van der Waals surface area contributed by atoms with Gasteiger partial charge in [0.25, 0.3) is 0 Å². The van der Waals surface area contributed by atoms with E-state index in [1.165, 1.54) is 15.2 Å². The Balaban J connectivity index is 2.09. The zero-order valence-corrected chi connectivity index (χ0v) is 13.5. The van der Waals surface area contributed by atoms with Gasteiger partial charge in [-0.1, -0.05) is 6.07 Å². The molecule has 18 heavy (non-hydrogen) atoms. The highest BCUT2D eigenvalue weighted by Gasteiger charge is 2.02. The number of benzene rings is 2. The molecule has 0 aliphatic heterocycles. The molecule has 4 heteroatoms. The van der Waals surface area contributed by atoms with Gasteiger partial charge in [0.1, 0.15) is 5.82 Å². The van der Waals surface area contributed by atoms with E-state index in [0.29, 0.717) is 11.0 Å². The van der Waals surface area contributed by atoms with Crippen molar-refractivity contribution >= 4 is 44.2 Å². The lowest BCUT2D eigenvalue weighted by atomic mass is 10.2. The average molecular weight is 420 g/mol. The van der Waals surface area contributed by atoms with E-state index in [-0.39, 0.29) is 5.82 Å². The molecule has 0 atom stereocenters. The second-order valence-corrected chi connectivity index (χ2v) is 6.16. The Morgan fingerprint density at radius 3 is 2.67 bits per heavy atom. The molecule has 2 rings (SSSR count). The highest BCUT2D eigenvalue weighted by molar-refractivity contribution is 14.1. The predicted octanol–water partition coefficient (Wildman–Crippen LogP) is 5.11. The molecule has 1 N–H and O–H groups in total. The highest BCUT2D eigenvalue weighted by atomic mass is 127. The maximum atomic E-state index is 13.1. The quantitative estimate of drug-likeness (QED) is 0.681. The number of aryl methyl sites for hydroxylation is 1. The Labute approximate surface area is 128 Å². The van der Waals surface area contributed by atoms with E-state index in [0.717, 1.165) is 11.3 Å². The van der Waals surface area contributed by atoms with Crippen molar-refractivity contribution in [3.8, 4) is 0 Å². The molecular formula is C14H12BrFIN. The Morgan fingerprint density at radius 1 is 1.22 bits per heavy atom. The van der Waals surface area contributed by atoms with Crippen LogP contribution in [0.1, 0.15) is 11.1 Å². The standard InChI is InChI=1S/C14H12BrFIN/c1-9-6-11(17)3-5-14(9)18-8-10-2-4-13(16)12(15)7-10/h2-7,18H,8H2,1H3. The second-order valence-electron chi connectivity index (χ2n) is 4.06. The zero-order chi connectivity index (χ0) is 13.1. The molecule has 0 unspecified atom stereocenters. The van der Waals surface area contributed by atoms with Gasteiger partial charge in [-0.05, 0) is 86.9 Å². The summed E-state index contributed by atoms with van der Waals surface area (Å²) in [4.78, 5) is 0. The first-order valence-corrected chi connectivity index (χ1v) is 7.37. The van der Waals surface area contributed by atoms with E-state index in [1.807, 2.05) is 0 Å². The van der Waals surface area contributed by atoms with Crippen LogP contribution >= 0.6 is 38.5 Å². The molecule has 0 aliphatic rings. The summed E-state index contributed by atoms with van der Waals surface area (Å²) >= 11 is 5.49. The van der Waals surface area contributed by atoms with Gasteiger partial charge in [0.2, 0.25) is 0 Å². The van der Waals surface area contributed by atoms with Crippen molar-refractivity contribution in [2.45, 2.75) is 13.5 Å². The van der Waals surface area contributed by atoms with Crippen molar-refractivity contribution in [2.24, 2.45) is 0 Å². The second kappa shape index (κ2) is 6.02. The van der Waals surface area contributed by atoms with Crippen LogP contribution in [-0.4, -0.2) is 0 Å². The first kappa shape index (κ1) is 13.8. The van der Waals surface area contributed by atoms with Crippen LogP contribution in [0.3, 0.4) is 0 Å². The molecule has 0 spiro atoms. The highest BCUT2D eigenvalue weighted by Crippen LogP contribution is 2.20. The van der Waals surface area contributed by atoms with Gasteiger partial charge < -0.3 is 5.32 Å². The molecule has 0 saturated heterocycles. The first-order chi connectivity index (χ1) is 8.56. The first-order valence-electron chi connectivity index (χ1n) is 5.50. The monoisotopic (exact) mass is 419 g/mol. The van der Waals surface area contributed by atoms with Crippen LogP contribution in [0.15, 0.2) is 40.9 Å². The third-order valence-electron chi connectivity index (χ3n) is 2.66. The van der Waals surface area contributed by atoms with Gasteiger partial charge in [-0.3, -0.25) is 0 Å². The molecule has 2 aromatic carbocycles. The minimum absolute atomic E-state index is 0.232. The number of anilines is 1. The molecule has 0 fully saturated rings. The van der Waals surface area contributed by atoms with Gasteiger partial charge in [-0.15, -0.1) is 0 Å². The normalized spacial score (nSPS) is 10.4. The van der Waals surface area contributed by atoms with Crippen LogP contribution in [0.5, 0.6) is 0 Å². The summed E-state index contributed by atoms with van der Waals surface area (Å²) in [6.45, 7) is 2.76. The maximum absolute atomic E-state index is 13.1. The van der Waals surface area contributed by atoms with E-state index in [4.69, 9.17) is 0 Å². The molecule has 0 saturated carbocycles. The van der Waals surface area contributed by atoms with Gasteiger partial charge in [-0.2, -0.15) is 0 Å². The number of hydrogen-bond donors (Lipinski definition) is 1. The van der Waals surface area contributed by atoms with Crippen molar-refractivity contribution in [2.75, 3.05) is 5.32 Å². The summed E-state index contributed by atoms with van der Waals surface area (Å²) in [5.41, 5.74) is 3.36. The van der Waals surface area contributed by atoms with Crippen molar-refractivity contribution in [3.63, 3.8) is 0 Å². The van der Waals surface area contributed by atoms with E-state index in [2.05, 4.69) is 69.0 Å². The number of rotatable bonds is 3. The minimum atomic E-state index is -0.232. The molecule has 0 radical (unpaired) electrons. The topological polar surface area (TPSA) is 12.0 Å². The molecule has 0 bridgehead atoms. The number of hydrogen-bond acceptors (Lipinski definition) is 1. The summed E-state index contributed by atoms with van der Waals surface area (Å²) < 4.78 is 14.8. The lowest BCUT2D eigenvalue weighted by Gasteiger charge is -2.10. The van der Waals surface area contributed by atoms with Crippen molar-refractivity contribution < 1.29 is 4.39 Å². The lowest BCUT2D eigenvalue weighted by molar-refractivity contribution is 0.620. The van der Waals surface area contributed by atoms with Crippen LogP contribution in [0.25, 0.3) is 0 Å². The number of halogens is 3. The maximum Gasteiger partial charge on any atom is 0.137 e. The van der Waals surface area contributed by atoms with Gasteiger partial charge in [0.05, 0.1) is 4.47 Å². The van der Waals surface area contributed by atoms with Gasteiger partial charge >= 0.3 is 0 Å². The van der Waals surface area contributed by atoms with E-state index >= 15 is 0 Å². The molecule has 1 nitrogen and oxygen atoms in total. The summed E-state index contributed by atoms with van der Waals surface area (Å²) in [5, 5.41) is 3.36. The largest absolute Gasteiger partial charge is 0.381 e. The fraction of sp³-hybridized carbons (Fsp3) is 0.143. The van der Waals surface area contributed by atoms with Crippen LogP contribution in [0, 0.1) is 16.3 Å². The van der Waals surface area contributed by atoms with Crippen molar-refractivity contribution in [3.05, 3.63) is 61.4 Å². The zero-order valence-electron chi connectivity index (χ0n) is 9.81.